The summed E-state index contributed by atoms with van der Waals surface area (Å²) in [5.74, 6) is -0.0598. The number of aromatic nitrogens is 1. The third-order valence-electron chi connectivity index (χ3n) is 4.91. The molecule has 0 unspecified atom stereocenters. The zero-order valence-corrected chi connectivity index (χ0v) is 20.0. The van der Waals surface area contributed by atoms with E-state index in [1.54, 1.807) is 18.2 Å². The molecule has 0 bridgehead atoms. The molecule has 0 radical (unpaired) electrons. The van der Waals surface area contributed by atoms with Gasteiger partial charge in [-0.3, -0.25) is 10.2 Å². The lowest BCUT2D eigenvalue weighted by Gasteiger charge is -2.36. The van der Waals surface area contributed by atoms with Gasteiger partial charge in [-0.15, -0.1) is 0 Å². The van der Waals surface area contributed by atoms with Crippen LogP contribution in [-0.2, 0) is 0 Å². The van der Waals surface area contributed by atoms with Crippen LogP contribution in [0.2, 0.25) is 15.1 Å². The van der Waals surface area contributed by atoms with E-state index in [0.717, 1.165) is 21.6 Å². The third kappa shape index (κ3) is 4.75. The molecule has 162 valence electrons. The van der Waals surface area contributed by atoms with Gasteiger partial charge in [0.05, 0.1) is 25.5 Å². The van der Waals surface area contributed by atoms with Gasteiger partial charge >= 0.3 is 0 Å². The SMILES string of the molecule is CC(C)=NNc1nc2c(N3CCN(C(=O)c4ccc(Cl)c(Cl)c4)CC3)c(Cl)ccc2s1. The number of hydrogen-bond donors (Lipinski definition) is 1. The molecule has 10 heteroatoms. The Hall–Kier alpha value is -2.06. The van der Waals surface area contributed by atoms with Gasteiger partial charge in [0.15, 0.2) is 0 Å². The number of thiazole rings is 1. The maximum atomic E-state index is 12.9. The van der Waals surface area contributed by atoms with Crippen LogP contribution in [-0.4, -0.2) is 47.7 Å². The van der Waals surface area contributed by atoms with Crippen LogP contribution in [0.4, 0.5) is 10.8 Å². The summed E-state index contributed by atoms with van der Waals surface area (Å²) in [6.45, 7) is 6.28. The fourth-order valence-corrected chi connectivity index (χ4v) is 4.79. The first-order chi connectivity index (χ1) is 14.8. The van der Waals surface area contributed by atoms with Crippen molar-refractivity contribution in [2.24, 2.45) is 5.10 Å². The van der Waals surface area contributed by atoms with E-state index in [-0.39, 0.29) is 5.91 Å². The van der Waals surface area contributed by atoms with Crippen molar-refractivity contribution in [3.63, 3.8) is 0 Å². The van der Waals surface area contributed by atoms with Crippen LogP contribution < -0.4 is 10.3 Å². The molecule has 0 atom stereocenters. The number of amides is 1. The monoisotopic (exact) mass is 495 g/mol. The topological polar surface area (TPSA) is 60.8 Å². The minimum atomic E-state index is -0.0598. The molecule has 4 rings (SSSR count). The van der Waals surface area contributed by atoms with Crippen molar-refractivity contribution in [2.45, 2.75) is 13.8 Å². The third-order valence-corrected chi connectivity index (χ3v) is 6.88. The highest BCUT2D eigenvalue weighted by Gasteiger charge is 2.26. The number of carbonyl (C=O) groups excluding carboxylic acids is 1. The van der Waals surface area contributed by atoms with E-state index in [9.17, 15) is 4.79 Å². The fraction of sp³-hybridized carbons (Fsp3) is 0.286. The highest BCUT2D eigenvalue weighted by Crippen LogP contribution is 2.38. The van der Waals surface area contributed by atoms with Crippen molar-refractivity contribution in [3.05, 3.63) is 51.0 Å². The molecule has 1 aliphatic heterocycles. The lowest BCUT2D eigenvalue weighted by Crippen LogP contribution is -2.49. The Morgan fingerprint density at radius 2 is 1.74 bits per heavy atom. The summed E-state index contributed by atoms with van der Waals surface area (Å²) < 4.78 is 1.03. The Morgan fingerprint density at radius 1 is 1.03 bits per heavy atom. The first kappa shape index (κ1) is 22.1. The van der Waals surface area contributed by atoms with E-state index in [0.29, 0.717) is 51.9 Å². The van der Waals surface area contributed by atoms with Gasteiger partial charge in [-0.25, -0.2) is 4.98 Å². The molecule has 2 heterocycles. The highest BCUT2D eigenvalue weighted by atomic mass is 35.5. The zero-order chi connectivity index (χ0) is 22.1. The van der Waals surface area contributed by atoms with E-state index in [2.05, 4.69) is 15.4 Å². The van der Waals surface area contributed by atoms with Crippen LogP contribution in [0.1, 0.15) is 24.2 Å². The van der Waals surface area contributed by atoms with Gasteiger partial charge in [0.2, 0.25) is 5.13 Å². The van der Waals surface area contributed by atoms with Crippen molar-refractivity contribution >= 4 is 78.8 Å². The molecule has 1 aromatic heterocycles. The van der Waals surface area contributed by atoms with Crippen LogP contribution >= 0.6 is 46.1 Å². The van der Waals surface area contributed by atoms with Gasteiger partial charge in [-0.05, 0) is 44.2 Å². The lowest BCUT2D eigenvalue weighted by molar-refractivity contribution is 0.0747. The van der Waals surface area contributed by atoms with Gasteiger partial charge in [0.1, 0.15) is 5.52 Å². The summed E-state index contributed by atoms with van der Waals surface area (Å²) in [4.78, 5) is 21.6. The first-order valence-electron chi connectivity index (χ1n) is 9.68. The molecule has 31 heavy (non-hydrogen) atoms. The smallest absolute Gasteiger partial charge is 0.254 e. The largest absolute Gasteiger partial charge is 0.365 e. The van der Waals surface area contributed by atoms with Gasteiger partial charge in [-0.1, -0.05) is 46.1 Å². The van der Waals surface area contributed by atoms with Gasteiger partial charge in [-0.2, -0.15) is 5.10 Å². The van der Waals surface area contributed by atoms with E-state index < -0.39 is 0 Å². The number of fused-ring (bicyclic) bond motifs is 1. The predicted octanol–water partition coefficient (Wildman–Crippen LogP) is 6.03. The number of carbonyl (C=O) groups is 1. The number of nitrogens with zero attached hydrogens (tertiary/aromatic N) is 4. The van der Waals surface area contributed by atoms with Crippen LogP contribution in [0, 0.1) is 0 Å². The normalized spacial score (nSPS) is 14.1. The average Bonchev–Trinajstić information content (AvgIpc) is 3.17. The molecule has 1 saturated heterocycles. The Morgan fingerprint density at radius 3 is 2.42 bits per heavy atom. The molecule has 1 N–H and O–H groups in total. The Labute approximate surface area is 199 Å². The summed E-state index contributed by atoms with van der Waals surface area (Å²) in [5.41, 5.74) is 6.17. The Bertz CT molecular complexity index is 1170. The van der Waals surface area contributed by atoms with Gasteiger partial charge in [0.25, 0.3) is 5.91 Å². The minimum absolute atomic E-state index is 0.0598. The van der Waals surface area contributed by atoms with E-state index >= 15 is 0 Å². The number of anilines is 2. The summed E-state index contributed by atoms with van der Waals surface area (Å²) in [5, 5.41) is 6.40. The van der Waals surface area contributed by atoms with Gasteiger partial charge in [0, 0.05) is 37.5 Å². The van der Waals surface area contributed by atoms with Crippen LogP contribution in [0.25, 0.3) is 10.2 Å². The molecule has 3 aromatic rings. The number of rotatable bonds is 4. The van der Waals surface area contributed by atoms with Crippen molar-refractivity contribution in [1.82, 2.24) is 9.88 Å². The molecular weight excluding hydrogens is 477 g/mol. The zero-order valence-electron chi connectivity index (χ0n) is 17.0. The van der Waals surface area contributed by atoms with Crippen molar-refractivity contribution in [3.8, 4) is 0 Å². The Balaban J connectivity index is 1.52. The average molecular weight is 497 g/mol. The molecule has 1 amide bonds. The molecule has 1 aliphatic rings. The lowest BCUT2D eigenvalue weighted by atomic mass is 10.1. The van der Waals surface area contributed by atoms with E-state index in [4.69, 9.17) is 39.8 Å². The van der Waals surface area contributed by atoms with Crippen LogP contribution in [0.3, 0.4) is 0 Å². The number of piperazine rings is 1. The van der Waals surface area contributed by atoms with Gasteiger partial charge < -0.3 is 9.80 Å². The van der Waals surface area contributed by atoms with Crippen LogP contribution in [0.15, 0.2) is 35.4 Å². The molecule has 2 aromatic carbocycles. The second-order valence-electron chi connectivity index (χ2n) is 7.34. The summed E-state index contributed by atoms with van der Waals surface area (Å²) >= 11 is 20.1. The fourth-order valence-electron chi connectivity index (χ4n) is 3.41. The maximum Gasteiger partial charge on any atom is 0.254 e. The number of nitrogens with one attached hydrogen (secondary N) is 1. The molecule has 0 spiro atoms. The minimum Gasteiger partial charge on any atom is -0.365 e. The maximum absolute atomic E-state index is 12.9. The molecule has 0 saturated carbocycles. The molecule has 1 fully saturated rings. The predicted molar refractivity (Wildman–Crippen MR) is 132 cm³/mol. The number of hydrazone groups is 1. The second-order valence-corrected chi connectivity index (χ2v) is 9.59. The van der Waals surface area contributed by atoms with Crippen molar-refractivity contribution in [2.75, 3.05) is 36.5 Å². The summed E-state index contributed by atoms with van der Waals surface area (Å²) in [6.07, 6.45) is 0. The van der Waals surface area contributed by atoms with E-state index in [1.807, 2.05) is 30.9 Å². The standard InChI is InChI=1S/C21H20Cl3N5OS/c1-12(2)26-27-21-25-18-17(31-21)6-5-15(23)19(18)28-7-9-29(10-8-28)20(30)13-3-4-14(22)16(24)11-13/h3-6,11H,7-10H2,1-2H3,(H,25,27). The number of hydrogen-bond acceptors (Lipinski definition) is 6. The molecule has 0 aliphatic carbocycles. The van der Waals surface area contributed by atoms with Crippen LogP contribution in [0.5, 0.6) is 0 Å². The van der Waals surface area contributed by atoms with Crippen molar-refractivity contribution in [1.29, 1.82) is 0 Å². The quantitative estimate of drug-likeness (QED) is 0.354. The number of benzene rings is 2. The molecule has 6 nitrogen and oxygen atoms in total. The summed E-state index contributed by atoms with van der Waals surface area (Å²) in [7, 11) is 0. The Kier molecular flexibility index (Phi) is 6.57. The second kappa shape index (κ2) is 9.20. The first-order valence-corrected chi connectivity index (χ1v) is 11.6. The molecular formula is C21H20Cl3N5OS. The van der Waals surface area contributed by atoms with E-state index in [1.165, 1.54) is 11.3 Å². The summed E-state index contributed by atoms with van der Waals surface area (Å²) in [6, 6.07) is 8.82. The van der Waals surface area contributed by atoms with Crippen molar-refractivity contribution < 1.29 is 4.79 Å². The number of halogens is 3. The highest BCUT2D eigenvalue weighted by molar-refractivity contribution is 7.22.